The summed E-state index contributed by atoms with van der Waals surface area (Å²) in [4.78, 5) is 0. The topological polar surface area (TPSA) is 40.5 Å². The Balaban J connectivity index is 1.74. The molecule has 2 nitrogen and oxygen atoms in total. The van der Waals surface area contributed by atoms with Crippen LogP contribution in [-0.4, -0.2) is 22.4 Å². The van der Waals surface area contributed by atoms with Gasteiger partial charge in [0.2, 0.25) is 0 Å². The first-order valence-corrected chi connectivity index (χ1v) is 8.87. The average molecular weight is 342 g/mol. The lowest BCUT2D eigenvalue weighted by molar-refractivity contribution is -0.0291. The van der Waals surface area contributed by atoms with Crippen LogP contribution in [0, 0.1) is 35.2 Å². The van der Waals surface area contributed by atoms with Crippen LogP contribution in [0.2, 0.25) is 0 Å². The molecule has 134 valence electrons. The van der Waals surface area contributed by atoms with Crippen molar-refractivity contribution in [1.29, 1.82) is 0 Å². The van der Waals surface area contributed by atoms with Gasteiger partial charge >= 0.3 is 0 Å². The molecule has 1 aromatic carbocycles. The van der Waals surface area contributed by atoms with E-state index in [0.717, 1.165) is 30.9 Å². The molecule has 2 aliphatic rings. The van der Waals surface area contributed by atoms with E-state index in [9.17, 15) is 23.4 Å². The van der Waals surface area contributed by atoms with E-state index in [4.69, 9.17) is 0 Å². The van der Waals surface area contributed by atoms with Crippen LogP contribution in [0.1, 0.15) is 56.9 Å². The van der Waals surface area contributed by atoms with Crippen molar-refractivity contribution >= 4 is 0 Å². The van der Waals surface area contributed by atoms with Crippen LogP contribution in [-0.2, 0) is 0 Å². The van der Waals surface area contributed by atoms with Crippen LogP contribution in [0.3, 0.4) is 0 Å². The summed E-state index contributed by atoms with van der Waals surface area (Å²) in [5.74, 6) is -3.40. The SMILES string of the molecule is CC1CCC(C2CC(O)C(c3cc(F)c(F)c(F)c3)C(O)C2)CC1. The molecule has 0 heterocycles. The van der Waals surface area contributed by atoms with Crippen LogP contribution < -0.4 is 0 Å². The van der Waals surface area contributed by atoms with Crippen molar-refractivity contribution in [1.82, 2.24) is 0 Å². The quantitative estimate of drug-likeness (QED) is 0.793. The van der Waals surface area contributed by atoms with Crippen molar-refractivity contribution in [3.05, 3.63) is 35.1 Å². The molecule has 5 heteroatoms. The van der Waals surface area contributed by atoms with Crippen molar-refractivity contribution in [2.24, 2.45) is 17.8 Å². The molecule has 0 aliphatic heterocycles. The first kappa shape index (κ1) is 17.7. The fourth-order valence-corrected chi connectivity index (χ4v) is 4.62. The smallest absolute Gasteiger partial charge is 0.194 e. The number of hydrogen-bond acceptors (Lipinski definition) is 2. The lowest BCUT2D eigenvalue weighted by atomic mass is 9.66. The van der Waals surface area contributed by atoms with Gasteiger partial charge in [-0.25, -0.2) is 13.2 Å². The Morgan fingerprint density at radius 1 is 0.833 bits per heavy atom. The van der Waals surface area contributed by atoms with E-state index in [1.165, 1.54) is 12.8 Å². The highest BCUT2D eigenvalue weighted by molar-refractivity contribution is 5.26. The molecule has 2 fully saturated rings. The molecule has 2 unspecified atom stereocenters. The predicted molar refractivity (Wildman–Crippen MR) is 84.9 cm³/mol. The molecule has 0 amide bonds. The molecule has 2 N–H and O–H groups in total. The molecule has 2 saturated carbocycles. The number of halogens is 3. The van der Waals surface area contributed by atoms with Gasteiger partial charge in [-0.3, -0.25) is 0 Å². The van der Waals surface area contributed by atoms with Gasteiger partial charge in [-0.2, -0.15) is 0 Å². The highest BCUT2D eigenvalue weighted by Gasteiger charge is 2.40. The lowest BCUT2D eigenvalue weighted by Crippen LogP contribution is -2.41. The van der Waals surface area contributed by atoms with Gasteiger partial charge in [-0.05, 0) is 61.1 Å². The van der Waals surface area contributed by atoms with E-state index in [1.807, 2.05) is 0 Å². The van der Waals surface area contributed by atoms with E-state index in [0.29, 0.717) is 18.8 Å². The molecule has 24 heavy (non-hydrogen) atoms. The first-order chi connectivity index (χ1) is 11.4. The van der Waals surface area contributed by atoms with Crippen LogP contribution in [0.4, 0.5) is 13.2 Å². The highest BCUT2D eigenvalue weighted by atomic mass is 19.2. The molecular formula is C19H25F3O2. The molecule has 1 aromatic rings. The maximum atomic E-state index is 13.5. The van der Waals surface area contributed by atoms with Gasteiger partial charge in [0.1, 0.15) is 0 Å². The second kappa shape index (κ2) is 7.04. The zero-order valence-corrected chi connectivity index (χ0v) is 13.9. The predicted octanol–water partition coefficient (Wildman–Crippen LogP) is 4.15. The summed E-state index contributed by atoms with van der Waals surface area (Å²) in [5, 5.41) is 21.0. The van der Waals surface area contributed by atoms with E-state index in [2.05, 4.69) is 6.92 Å². The zero-order valence-electron chi connectivity index (χ0n) is 13.9. The maximum Gasteiger partial charge on any atom is 0.194 e. The first-order valence-electron chi connectivity index (χ1n) is 8.87. The van der Waals surface area contributed by atoms with Crippen LogP contribution in [0.25, 0.3) is 0 Å². The van der Waals surface area contributed by atoms with Gasteiger partial charge in [0.15, 0.2) is 17.5 Å². The number of hydrogen-bond donors (Lipinski definition) is 2. The number of benzene rings is 1. The lowest BCUT2D eigenvalue weighted by Gasteiger charge is -2.42. The summed E-state index contributed by atoms with van der Waals surface area (Å²) < 4.78 is 40.1. The van der Waals surface area contributed by atoms with E-state index in [-0.39, 0.29) is 11.5 Å². The number of rotatable bonds is 2. The maximum absolute atomic E-state index is 13.5. The number of aliphatic hydroxyl groups is 2. The van der Waals surface area contributed by atoms with Crippen molar-refractivity contribution in [3.8, 4) is 0 Å². The summed E-state index contributed by atoms with van der Waals surface area (Å²) in [5.41, 5.74) is 0.127. The molecule has 0 bridgehead atoms. The molecule has 0 saturated heterocycles. The Morgan fingerprint density at radius 2 is 1.33 bits per heavy atom. The zero-order chi connectivity index (χ0) is 17.4. The minimum atomic E-state index is -1.52. The third-order valence-electron chi connectivity index (χ3n) is 6.04. The van der Waals surface area contributed by atoms with Gasteiger partial charge in [0, 0.05) is 5.92 Å². The Hall–Kier alpha value is -1.07. The van der Waals surface area contributed by atoms with Crippen molar-refractivity contribution in [3.63, 3.8) is 0 Å². The minimum absolute atomic E-state index is 0.127. The fraction of sp³-hybridized carbons (Fsp3) is 0.684. The molecule has 2 aliphatic carbocycles. The van der Waals surface area contributed by atoms with Crippen LogP contribution >= 0.6 is 0 Å². The third-order valence-corrected chi connectivity index (χ3v) is 6.04. The van der Waals surface area contributed by atoms with Crippen molar-refractivity contribution in [2.75, 3.05) is 0 Å². The monoisotopic (exact) mass is 342 g/mol. The normalized spacial score (nSPS) is 37.4. The van der Waals surface area contributed by atoms with Gasteiger partial charge in [-0.1, -0.05) is 19.8 Å². The van der Waals surface area contributed by atoms with Gasteiger partial charge in [-0.15, -0.1) is 0 Å². The Labute approximate surface area is 140 Å². The Bertz CT molecular complexity index is 549. The summed E-state index contributed by atoms with van der Waals surface area (Å²) in [6.07, 6.45) is 3.84. The highest BCUT2D eigenvalue weighted by Crippen LogP contribution is 2.44. The Kier molecular flexibility index (Phi) is 5.21. The standard InChI is InChI=1S/C19H25F3O2/c1-10-2-4-11(5-3-10)12-8-16(23)18(17(24)9-12)13-6-14(20)19(22)15(21)7-13/h6-7,10-12,16-18,23-24H,2-5,8-9H2,1H3. The van der Waals surface area contributed by atoms with E-state index in [1.54, 1.807) is 0 Å². The number of aliphatic hydroxyl groups excluding tert-OH is 2. The summed E-state index contributed by atoms with van der Waals surface area (Å²) >= 11 is 0. The fourth-order valence-electron chi connectivity index (χ4n) is 4.62. The molecule has 0 radical (unpaired) electrons. The van der Waals surface area contributed by atoms with Crippen LogP contribution in [0.5, 0.6) is 0 Å². The average Bonchev–Trinajstić information content (AvgIpc) is 2.52. The van der Waals surface area contributed by atoms with Crippen molar-refractivity contribution in [2.45, 2.75) is 63.6 Å². The second-order valence-electron chi connectivity index (χ2n) is 7.71. The Morgan fingerprint density at radius 3 is 1.83 bits per heavy atom. The molecule has 0 aromatic heterocycles. The van der Waals surface area contributed by atoms with Gasteiger partial charge in [0.25, 0.3) is 0 Å². The molecule has 0 spiro atoms. The van der Waals surface area contributed by atoms with E-state index >= 15 is 0 Å². The summed E-state index contributed by atoms with van der Waals surface area (Å²) in [6.45, 7) is 2.24. The molecule has 3 rings (SSSR count). The largest absolute Gasteiger partial charge is 0.392 e. The summed E-state index contributed by atoms with van der Waals surface area (Å²) in [6, 6.07) is 1.77. The van der Waals surface area contributed by atoms with Crippen molar-refractivity contribution < 1.29 is 23.4 Å². The van der Waals surface area contributed by atoms with Gasteiger partial charge < -0.3 is 10.2 Å². The molecular weight excluding hydrogens is 317 g/mol. The van der Waals surface area contributed by atoms with Gasteiger partial charge in [0.05, 0.1) is 12.2 Å². The van der Waals surface area contributed by atoms with Crippen LogP contribution in [0.15, 0.2) is 12.1 Å². The van der Waals surface area contributed by atoms with E-state index < -0.39 is 35.6 Å². The second-order valence-corrected chi connectivity index (χ2v) is 7.71. The summed E-state index contributed by atoms with van der Waals surface area (Å²) in [7, 11) is 0. The minimum Gasteiger partial charge on any atom is -0.392 e. The third kappa shape index (κ3) is 3.47. The molecule has 2 atom stereocenters.